The fourth-order valence-corrected chi connectivity index (χ4v) is 2.80. The van der Waals surface area contributed by atoms with E-state index in [1.807, 2.05) is 38.1 Å². The predicted molar refractivity (Wildman–Crippen MR) is 99.0 cm³/mol. The van der Waals surface area contributed by atoms with Crippen molar-refractivity contribution in [1.29, 1.82) is 0 Å². The van der Waals surface area contributed by atoms with Gasteiger partial charge in [0.15, 0.2) is 0 Å². The molecule has 1 atom stereocenters. The molecule has 1 aliphatic rings. The van der Waals surface area contributed by atoms with Gasteiger partial charge in [-0.2, -0.15) is 0 Å². The van der Waals surface area contributed by atoms with Gasteiger partial charge < -0.3 is 16.4 Å². The highest BCUT2D eigenvalue weighted by Crippen LogP contribution is 2.27. The van der Waals surface area contributed by atoms with Crippen molar-refractivity contribution in [1.82, 2.24) is 5.32 Å². The number of anilines is 1. The molecule has 4 N–H and O–H groups in total. The Balaban J connectivity index is 0.00000288. The van der Waals surface area contributed by atoms with Gasteiger partial charge in [0.1, 0.15) is 0 Å². The van der Waals surface area contributed by atoms with Crippen molar-refractivity contribution in [3.05, 3.63) is 29.8 Å². The maximum Gasteiger partial charge on any atom is 0.240 e. The molecule has 1 saturated carbocycles. The number of nitrogens with one attached hydrogen (secondary N) is 2. The summed E-state index contributed by atoms with van der Waals surface area (Å²) in [5, 5.41) is 5.83. The summed E-state index contributed by atoms with van der Waals surface area (Å²) in [5.74, 6) is -0.0811. The Kier molecular flexibility index (Phi) is 7.70. The van der Waals surface area contributed by atoms with Crippen molar-refractivity contribution in [2.45, 2.75) is 58.0 Å². The van der Waals surface area contributed by atoms with Gasteiger partial charge in [0.05, 0.1) is 5.54 Å². The lowest BCUT2D eigenvalue weighted by atomic mass is 9.98. The van der Waals surface area contributed by atoms with E-state index in [0.29, 0.717) is 6.54 Å². The number of carbonyl (C=O) groups is 2. The maximum atomic E-state index is 12.2. The number of nitrogens with two attached hydrogens (primary N) is 1. The summed E-state index contributed by atoms with van der Waals surface area (Å²) in [5.41, 5.74) is 7.14. The van der Waals surface area contributed by atoms with Crippen molar-refractivity contribution in [2.75, 3.05) is 5.32 Å². The van der Waals surface area contributed by atoms with Crippen LogP contribution in [0.4, 0.5) is 5.69 Å². The molecule has 0 saturated heterocycles. The number of rotatable bonds is 6. The molecule has 1 unspecified atom stereocenters. The number of amides is 2. The average Bonchev–Trinajstić information content (AvgIpc) is 3.00. The van der Waals surface area contributed by atoms with E-state index in [1.165, 1.54) is 0 Å². The number of carbonyl (C=O) groups excluding carboxylic acids is 2. The Morgan fingerprint density at radius 2 is 1.96 bits per heavy atom. The van der Waals surface area contributed by atoms with Crippen LogP contribution in [-0.4, -0.2) is 17.4 Å². The van der Waals surface area contributed by atoms with Crippen LogP contribution in [0.3, 0.4) is 0 Å². The van der Waals surface area contributed by atoms with Gasteiger partial charge in [-0.1, -0.05) is 38.8 Å². The maximum absolute atomic E-state index is 12.2. The lowest BCUT2D eigenvalue weighted by Gasteiger charge is -2.22. The molecule has 24 heavy (non-hydrogen) atoms. The van der Waals surface area contributed by atoms with Crippen LogP contribution in [0.5, 0.6) is 0 Å². The largest absolute Gasteiger partial charge is 0.350 e. The van der Waals surface area contributed by atoms with E-state index in [4.69, 9.17) is 5.73 Å². The Morgan fingerprint density at radius 1 is 1.29 bits per heavy atom. The molecule has 1 aromatic carbocycles. The molecule has 6 heteroatoms. The standard InChI is InChI=1S/C18H27N3O2.ClH/c1-3-13(2)16(22)21-15-8-6-7-14(11-15)12-20-17(23)18(19)9-4-5-10-18;/h6-8,11,13H,3-5,9-10,12,19H2,1-2H3,(H,20,23)(H,21,22);1H. The van der Waals surface area contributed by atoms with Gasteiger partial charge in [0.2, 0.25) is 11.8 Å². The Labute approximate surface area is 150 Å². The average molecular weight is 354 g/mol. The van der Waals surface area contributed by atoms with E-state index >= 15 is 0 Å². The molecule has 0 aromatic heterocycles. The molecule has 1 fully saturated rings. The fourth-order valence-electron chi connectivity index (χ4n) is 2.80. The van der Waals surface area contributed by atoms with Crippen LogP contribution in [0.15, 0.2) is 24.3 Å². The molecule has 2 amide bonds. The van der Waals surface area contributed by atoms with Gasteiger partial charge in [0, 0.05) is 18.2 Å². The van der Waals surface area contributed by atoms with Crippen LogP contribution >= 0.6 is 12.4 Å². The summed E-state index contributed by atoms with van der Waals surface area (Å²) in [7, 11) is 0. The molecular weight excluding hydrogens is 326 g/mol. The molecule has 134 valence electrons. The lowest BCUT2D eigenvalue weighted by molar-refractivity contribution is -0.126. The summed E-state index contributed by atoms with van der Waals surface area (Å²) < 4.78 is 0. The second-order valence-corrected chi connectivity index (χ2v) is 6.54. The van der Waals surface area contributed by atoms with Crippen molar-refractivity contribution in [3.63, 3.8) is 0 Å². The van der Waals surface area contributed by atoms with Gasteiger partial charge in [-0.05, 0) is 37.0 Å². The van der Waals surface area contributed by atoms with Crippen LogP contribution in [0.25, 0.3) is 0 Å². The minimum absolute atomic E-state index is 0. The normalized spacial score (nSPS) is 16.8. The Morgan fingerprint density at radius 3 is 2.58 bits per heavy atom. The van der Waals surface area contributed by atoms with Crippen molar-refractivity contribution >= 4 is 29.9 Å². The van der Waals surface area contributed by atoms with Gasteiger partial charge in [-0.3, -0.25) is 9.59 Å². The molecule has 5 nitrogen and oxygen atoms in total. The van der Waals surface area contributed by atoms with Crippen LogP contribution in [0, 0.1) is 5.92 Å². The molecule has 0 aliphatic heterocycles. The first-order valence-electron chi connectivity index (χ1n) is 8.41. The number of hydrogen-bond acceptors (Lipinski definition) is 3. The predicted octanol–water partition coefficient (Wildman–Crippen LogP) is 2.98. The smallest absolute Gasteiger partial charge is 0.240 e. The van der Waals surface area contributed by atoms with Crippen molar-refractivity contribution < 1.29 is 9.59 Å². The third-order valence-electron chi connectivity index (χ3n) is 4.66. The molecule has 2 rings (SSSR count). The summed E-state index contributed by atoms with van der Waals surface area (Å²) >= 11 is 0. The summed E-state index contributed by atoms with van der Waals surface area (Å²) in [6.07, 6.45) is 4.34. The van der Waals surface area contributed by atoms with Gasteiger partial charge in [-0.15, -0.1) is 12.4 Å². The Hall–Kier alpha value is -1.59. The summed E-state index contributed by atoms with van der Waals surface area (Å²) in [6, 6.07) is 7.55. The van der Waals surface area contributed by atoms with Crippen molar-refractivity contribution in [3.8, 4) is 0 Å². The van der Waals surface area contributed by atoms with E-state index in [9.17, 15) is 9.59 Å². The van der Waals surface area contributed by atoms with E-state index < -0.39 is 5.54 Å². The van der Waals surface area contributed by atoms with E-state index in [2.05, 4.69) is 10.6 Å². The topological polar surface area (TPSA) is 84.2 Å². The summed E-state index contributed by atoms with van der Waals surface area (Å²) in [6.45, 7) is 4.31. The first-order valence-corrected chi connectivity index (χ1v) is 8.41. The highest BCUT2D eigenvalue weighted by atomic mass is 35.5. The molecular formula is C18H28ClN3O2. The van der Waals surface area contributed by atoms with Crippen LogP contribution in [0.2, 0.25) is 0 Å². The lowest BCUT2D eigenvalue weighted by Crippen LogP contribution is -2.51. The minimum atomic E-state index is -0.706. The highest BCUT2D eigenvalue weighted by molar-refractivity contribution is 5.92. The van der Waals surface area contributed by atoms with Gasteiger partial charge >= 0.3 is 0 Å². The highest BCUT2D eigenvalue weighted by Gasteiger charge is 2.36. The molecule has 0 heterocycles. The molecule has 0 spiro atoms. The molecule has 0 bridgehead atoms. The minimum Gasteiger partial charge on any atom is -0.350 e. The van der Waals surface area contributed by atoms with Crippen molar-refractivity contribution in [2.24, 2.45) is 11.7 Å². The second kappa shape index (κ2) is 9.04. The summed E-state index contributed by atoms with van der Waals surface area (Å²) in [4.78, 5) is 24.2. The first-order chi connectivity index (χ1) is 10.9. The molecule has 1 aliphatic carbocycles. The Bertz CT molecular complexity index is 571. The molecule has 1 aromatic rings. The number of benzene rings is 1. The third kappa shape index (κ3) is 5.21. The number of hydrogen-bond donors (Lipinski definition) is 3. The zero-order valence-electron chi connectivity index (χ0n) is 14.4. The van der Waals surface area contributed by atoms with Crippen LogP contribution in [-0.2, 0) is 16.1 Å². The second-order valence-electron chi connectivity index (χ2n) is 6.54. The van der Waals surface area contributed by atoms with E-state index in [0.717, 1.165) is 43.4 Å². The monoisotopic (exact) mass is 353 g/mol. The first kappa shape index (κ1) is 20.5. The SMILES string of the molecule is CCC(C)C(=O)Nc1cccc(CNC(=O)C2(N)CCCC2)c1.Cl. The number of halogens is 1. The quantitative estimate of drug-likeness (QED) is 0.735. The molecule has 0 radical (unpaired) electrons. The van der Waals surface area contributed by atoms with Crippen LogP contribution in [0.1, 0.15) is 51.5 Å². The zero-order chi connectivity index (χ0) is 16.9. The van der Waals surface area contributed by atoms with Crippen LogP contribution < -0.4 is 16.4 Å². The zero-order valence-corrected chi connectivity index (χ0v) is 15.2. The van der Waals surface area contributed by atoms with E-state index in [-0.39, 0.29) is 30.1 Å². The van der Waals surface area contributed by atoms with Gasteiger partial charge in [-0.25, -0.2) is 0 Å². The van der Waals surface area contributed by atoms with E-state index in [1.54, 1.807) is 0 Å². The fraction of sp³-hybridized carbons (Fsp3) is 0.556. The van der Waals surface area contributed by atoms with Gasteiger partial charge in [0.25, 0.3) is 0 Å². The third-order valence-corrected chi connectivity index (χ3v) is 4.66.